The van der Waals surface area contributed by atoms with Gasteiger partial charge in [-0.25, -0.2) is 9.50 Å². The number of carbonyl (C=O) groups excluding carboxylic acids is 1. The fraction of sp³-hybridized carbons (Fsp3) is 0.350. The number of morpholine rings is 1. The number of ether oxygens (including phenoxy) is 3. The maximum absolute atomic E-state index is 13.4. The van der Waals surface area contributed by atoms with E-state index in [0.29, 0.717) is 35.9 Å². The minimum atomic E-state index is -0.553. The number of aromatic nitrogens is 3. The van der Waals surface area contributed by atoms with E-state index in [4.69, 9.17) is 14.2 Å². The Morgan fingerprint density at radius 1 is 1.24 bits per heavy atom. The summed E-state index contributed by atoms with van der Waals surface area (Å²) >= 11 is 0. The minimum absolute atomic E-state index is 0.169. The molecular formula is C20H22N4O5. The molecule has 1 aliphatic rings. The first-order valence-corrected chi connectivity index (χ1v) is 9.21. The molecule has 0 spiro atoms. The van der Waals surface area contributed by atoms with Crippen LogP contribution in [-0.4, -0.2) is 70.6 Å². The summed E-state index contributed by atoms with van der Waals surface area (Å²) in [4.78, 5) is 19.2. The molecule has 2 atom stereocenters. The lowest BCUT2D eigenvalue weighted by Gasteiger charge is -2.41. The molecule has 152 valence electrons. The van der Waals surface area contributed by atoms with Crippen molar-refractivity contribution in [1.82, 2.24) is 19.5 Å². The van der Waals surface area contributed by atoms with Crippen LogP contribution in [0.5, 0.6) is 11.5 Å². The van der Waals surface area contributed by atoms with Gasteiger partial charge in [0.05, 0.1) is 33.5 Å². The fourth-order valence-electron chi connectivity index (χ4n) is 3.66. The Morgan fingerprint density at radius 2 is 2.07 bits per heavy atom. The molecule has 0 unspecified atom stereocenters. The average Bonchev–Trinajstić information content (AvgIpc) is 3.25. The summed E-state index contributed by atoms with van der Waals surface area (Å²) in [6, 6.07) is 8.37. The number of hydrogen-bond donors (Lipinski definition) is 1. The Balaban J connectivity index is 1.72. The summed E-state index contributed by atoms with van der Waals surface area (Å²) in [5.74, 6) is 0.963. The smallest absolute Gasteiger partial charge is 0.254 e. The van der Waals surface area contributed by atoms with Crippen LogP contribution in [0.25, 0.3) is 5.65 Å². The predicted molar refractivity (Wildman–Crippen MR) is 103 cm³/mol. The summed E-state index contributed by atoms with van der Waals surface area (Å²) < 4.78 is 18.1. The largest absolute Gasteiger partial charge is 0.493 e. The van der Waals surface area contributed by atoms with Crippen molar-refractivity contribution in [3.8, 4) is 11.5 Å². The van der Waals surface area contributed by atoms with Crippen LogP contribution >= 0.6 is 0 Å². The molecule has 9 nitrogen and oxygen atoms in total. The molecule has 0 radical (unpaired) electrons. The number of amides is 1. The molecule has 9 heteroatoms. The maximum atomic E-state index is 13.4. The van der Waals surface area contributed by atoms with E-state index >= 15 is 0 Å². The van der Waals surface area contributed by atoms with Gasteiger partial charge < -0.3 is 24.2 Å². The molecule has 0 saturated carbocycles. The molecule has 1 fully saturated rings. The van der Waals surface area contributed by atoms with E-state index < -0.39 is 12.1 Å². The highest BCUT2D eigenvalue weighted by molar-refractivity contribution is 5.95. The first-order valence-electron chi connectivity index (χ1n) is 9.21. The topological polar surface area (TPSA) is 98.4 Å². The van der Waals surface area contributed by atoms with Gasteiger partial charge in [0.15, 0.2) is 17.1 Å². The van der Waals surface area contributed by atoms with Crippen LogP contribution in [0.2, 0.25) is 0 Å². The standard InChI is InChI=1S/C20H22N4O5/c1-27-15-4-3-13(9-16(15)28-2)19-17(11-25)29-8-7-23(19)20(26)14-5-6-24-18(10-14)21-12-22-24/h3-6,9-10,12,17,19,25H,7-8,11H2,1-2H3/t17-,19-/m0/s1. The zero-order valence-corrected chi connectivity index (χ0v) is 16.2. The quantitative estimate of drug-likeness (QED) is 0.692. The van der Waals surface area contributed by atoms with E-state index in [1.807, 2.05) is 12.1 Å². The number of aliphatic hydroxyl groups excluding tert-OH is 1. The van der Waals surface area contributed by atoms with Crippen LogP contribution < -0.4 is 9.47 Å². The number of pyridine rings is 1. The molecule has 0 aliphatic carbocycles. The second-order valence-corrected chi connectivity index (χ2v) is 6.63. The van der Waals surface area contributed by atoms with Gasteiger partial charge in [-0.05, 0) is 29.8 Å². The number of hydrogen-bond acceptors (Lipinski definition) is 7. The lowest BCUT2D eigenvalue weighted by atomic mass is 9.97. The van der Waals surface area contributed by atoms with Gasteiger partial charge in [-0.3, -0.25) is 4.79 Å². The normalized spacial score (nSPS) is 19.3. The monoisotopic (exact) mass is 398 g/mol. The highest BCUT2D eigenvalue weighted by Gasteiger charge is 2.37. The van der Waals surface area contributed by atoms with Gasteiger partial charge in [-0.1, -0.05) is 6.07 Å². The van der Waals surface area contributed by atoms with Crippen molar-refractivity contribution < 1.29 is 24.1 Å². The van der Waals surface area contributed by atoms with Crippen molar-refractivity contribution in [1.29, 1.82) is 0 Å². The van der Waals surface area contributed by atoms with Gasteiger partial charge in [-0.15, -0.1) is 0 Å². The van der Waals surface area contributed by atoms with Crippen LogP contribution in [0.4, 0.5) is 0 Å². The lowest BCUT2D eigenvalue weighted by Crippen LogP contribution is -2.49. The van der Waals surface area contributed by atoms with Gasteiger partial charge in [0.1, 0.15) is 12.4 Å². The molecule has 3 aromatic rings. The van der Waals surface area contributed by atoms with Crippen LogP contribution in [0.15, 0.2) is 42.9 Å². The Bertz CT molecular complexity index is 1020. The first-order chi connectivity index (χ1) is 14.2. The molecule has 1 amide bonds. The van der Waals surface area contributed by atoms with Gasteiger partial charge >= 0.3 is 0 Å². The maximum Gasteiger partial charge on any atom is 0.254 e. The first kappa shape index (κ1) is 19.2. The predicted octanol–water partition coefficient (Wildman–Crippen LogP) is 1.32. The SMILES string of the molecule is COc1ccc([C@H]2[C@H](CO)OCCN2C(=O)c2ccn3ncnc3c2)cc1OC. The highest BCUT2D eigenvalue weighted by Crippen LogP contribution is 2.36. The van der Waals surface area contributed by atoms with Gasteiger partial charge in [0.25, 0.3) is 5.91 Å². The minimum Gasteiger partial charge on any atom is -0.493 e. The number of carbonyl (C=O) groups is 1. The van der Waals surface area contributed by atoms with Crippen molar-refractivity contribution in [3.63, 3.8) is 0 Å². The fourth-order valence-corrected chi connectivity index (χ4v) is 3.66. The van der Waals surface area contributed by atoms with Crippen molar-refractivity contribution >= 4 is 11.6 Å². The molecule has 4 rings (SSSR count). The number of methoxy groups -OCH3 is 2. The molecule has 1 saturated heterocycles. The number of fused-ring (bicyclic) bond motifs is 1. The summed E-state index contributed by atoms with van der Waals surface area (Å²) in [5.41, 5.74) is 1.87. The van der Waals surface area contributed by atoms with Crippen molar-refractivity contribution in [3.05, 3.63) is 54.0 Å². The zero-order chi connectivity index (χ0) is 20.4. The molecule has 29 heavy (non-hydrogen) atoms. The number of aliphatic hydroxyl groups is 1. The summed E-state index contributed by atoms with van der Waals surface area (Å²) in [6.45, 7) is 0.520. The third kappa shape index (κ3) is 3.50. The Kier molecular flexibility index (Phi) is 5.32. The third-order valence-electron chi connectivity index (χ3n) is 5.07. The van der Waals surface area contributed by atoms with E-state index in [9.17, 15) is 9.90 Å². The van der Waals surface area contributed by atoms with Gasteiger partial charge in [0, 0.05) is 18.3 Å². The Labute approximate surface area is 167 Å². The van der Waals surface area contributed by atoms with E-state index in [1.165, 1.54) is 6.33 Å². The molecule has 1 aliphatic heterocycles. The second kappa shape index (κ2) is 8.06. The van der Waals surface area contributed by atoms with E-state index in [-0.39, 0.29) is 12.5 Å². The molecule has 0 bridgehead atoms. The number of nitrogens with zero attached hydrogens (tertiary/aromatic N) is 4. The van der Waals surface area contributed by atoms with Crippen molar-refractivity contribution in [2.75, 3.05) is 34.0 Å². The lowest BCUT2D eigenvalue weighted by molar-refractivity contribution is -0.0811. The Hall–Kier alpha value is -3.17. The third-order valence-corrected chi connectivity index (χ3v) is 5.07. The van der Waals surface area contributed by atoms with Crippen LogP contribution in [0.3, 0.4) is 0 Å². The summed E-state index contributed by atoms with van der Waals surface area (Å²) in [7, 11) is 3.12. The van der Waals surface area contributed by atoms with Crippen molar-refractivity contribution in [2.24, 2.45) is 0 Å². The summed E-state index contributed by atoms with van der Waals surface area (Å²) in [5, 5.41) is 13.9. The van der Waals surface area contributed by atoms with Crippen LogP contribution in [0, 0.1) is 0 Å². The van der Waals surface area contributed by atoms with Gasteiger partial charge in [0.2, 0.25) is 0 Å². The highest BCUT2D eigenvalue weighted by atomic mass is 16.5. The average molecular weight is 398 g/mol. The molecule has 1 aromatic carbocycles. The zero-order valence-electron chi connectivity index (χ0n) is 16.2. The number of rotatable bonds is 5. The molecule has 1 N–H and O–H groups in total. The molecule has 2 aromatic heterocycles. The van der Waals surface area contributed by atoms with Gasteiger partial charge in [-0.2, -0.15) is 5.10 Å². The van der Waals surface area contributed by atoms with Crippen LogP contribution in [0.1, 0.15) is 22.0 Å². The van der Waals surface area contributed by atoms with E-state index in [2.05, 4.69) is 10.1 Å². The van der Waals surface area contributed by atoms with Crippen LogP contribution in [-0.2, 0) is 4.74 Å². The Morgan fingerprint density at radius 3 is 2.83 bits per heavy atom. The second-order valence-electron chi connectivity index (χ2n) is 6.63. The van der Waals surface area contributed by atoms with Crippen molar-refractivity contribution in [2.45, 2.75) is 12.1 Å². The van der Waals surface area contributed by atoms with E-state index in [0.717, 1.165) is 5.56 Å². The number of benzene rings is 1. The molecular weight excluding hydrogens is 376 g/mol. The summed E-state index contributed by atoms with van der Waals surface area (Å²) in [6.07, 6.45) is 2.58. The van der Waals surface area contributed by atoms with E-state index in [1.54, 1.807) is 48.0 Å². The molecule has 3 heterocycles.